The van der Waals surface area contributed by atoms with Crippen LogP contribution in [-0.2, 0) is 6.42 Å². The van der Waals surface area contributed by atoms with E-state index in [2.05, 4.69) is 15.3 Å². The normalized spacial score (nSPS) is 10.2. The van der Waals surface area contributed by atoms with Gasteiger partial charge in [0.15, 0.2) is 0 Å². The predicted molar refractivity (Wildman–Crippen MR) is 68.9 cm³/mol. The second-order valence-electron chi connectivity index (χ2n) is 3.96. The average Bonchev–Trinajstić information content (AvgIpc) is 2.41. The maximum absolute atomic E-state index is 12.7. The van der Waals surface area contributed by atoms with Crippen molar-refractivity contribution in [3.05, 3.63) is 53.7 Å². The first-order valence-corrected chi connectivity index (χ1v) is 5.75. The number of nitrogens with zero attached hydrogens (tertiary/aromatic N) is 2. The van der Waals surface area contributed by atoms with Gasteiger partial charge in [-0.2, -0.15) is 0 Å². The van der Waals surface area contributed by atoms with Gasteiger partial charge in [-0.25, -0.2) is 14.4 Å². The number of halogens is 1. The first-order valence-electron chi connectivity index (χ1n) is 5.75. The third-order valence-corrected chi connectivity index (χ3v) is 2.52. The second-order valence-corrected chi connectivity index (χ2v) is 3.96. The summed E-state index contributed by atoms with van der Waals surface area (Å²) in [6, 6.07) is 6.15. The van der Waals surface area contributed by atoms with Crippen LogP contribution < -0.4 is 11.1 Å². The van der Waals surface area contributed by atoms with Crippen molar-refractivity contribution in [2.45, 2.75) is 6.42 Å². The molecule has 1 heterocycles. The van der Waals surface area contributed by atoms with Gasteiger partial charge in [-0.15, -0.1) is 0 Å². The van der Waals surface area contributed by atoms with E-state index in [-0.39, 0.29) is 23.2 Å². The van der Waals surface area contributed by atoms with Crippen LogP contribution >= 0.6 is 0 Å². The number of benzene rings is 1. The number of nitrogen functional groups attached to an aromatic ring is 1. The Morgan fingerprint density at radius 2 is 1.95 bits per heavy atom. The summed E-state index contributed by atoms with van der Waals surface area (Å²) in [7, 11) is 0. The van der Waals surface area contributed by atoms with Crippen LogP contribution in [0.5, 0.6) is 0 Å². The topological polar surface area (TPSA) is 80.9 Å². The number of rotatable bonds is 4. The summed E-state index contributed by atoms with van der Waals surface area (Å²) >= 11 is 0. The van der Waals surface area contributed by atoms with E-state index in [1.807, 2.05) is 0 Å². The lowest BCUT2D eigenvalue weighted by molar-refractivity contribution is 0.0949. The molecule has 0 aliphatic rings. The van der Waals surface area contributed by atoms with Crippen LogP contribution in [0.1, 0.15) is 16.1 Å². The highest BCUT2D eigenvalue weighted by molar-refractivity contribution is 5.91. The van der Waals surface area contributed by atoms with Crippen LogP contribution in [0.3, 0.4) is 0 Å². The van der Waals surface area contributed by atoms with Crippen LogP contribution in [0.4, 0.5) is 10.2 Å². The molecule has 3 N–H and O–H groups in total. The van der Waals surface area contributed by atoms with E-state index in [1.54, 1.807) is 12.1 Å². The lowest BCUT2D eigenvalue weighted by Gasteiger charge is -2.04. The molecule has 2 aromatic rings. The number of nitrogens with two attached hydrogens (primary N) is 1. The molecule has 5 nitrogen and oxygen atoms in total. The molecule has 0 spiro atoms. The van der Waals surface area contributed by atoms with E-state index in [4.69, 9.17) is 5.73 Å². The van der Waals surface area contributed by atoms with Gasteiger partial charge in [0.1, 0.15) is 17.3 Å². The molecule has 0 aliphatic carbocycles. The summed E-state index contributed by atoms with van der Waals surface area (Å²) < 4.78 is 12.7. The highest BCUT2D eigenvalue weighted by Gasteiger charge is 2.06. The molecule has 0 aliphatic heterocycles. The van der Waals surface area contributed by atoms with E-state index < -0.39 is 0 Å². The van der Waals surface area contributed by atoms with Gasteiger partial charge in [-0.05, 0) is 24.1 Å². The van der Waals surface area contributed by atoms with Crippen molar-refractivity contribution in [1.82, 2.24) is 15.3 Å². The van der Waals surface area contributed by atoms with Crippen LogP contribution in [0, 0.1) is 5.82 Å². The Kier molecular flexibility index (Phi) is 4.02. The number of carbonyl (C=O) groups is 1. The number of carbonyl (C=O) groups excluding carboxylic acids is 1. The Bertz CT molecular complexity index is 554. The summed E-state index contributed by atoms with van der Waals surface area (Å²) in [6.45, 7) is 0.441. The molecule has 98 valence electrons. The van der Waals surface area contributed by atoms with Gasteiger partial charge in [0.05, 0.1) is 12.4 Å². The third-order valence-electron chi connectivity index (χ3n) is 2.52. The fourth-order valence-electron chi connectivity index (χ4n) is 1.52. The van der Waals surface area contributed by atoms with Gasteiger partial charge >= 0.3 is 0 Å². The van der Waals surface area contributed by atoms with E-state index in [0.29, 0.717) is 13.0 Å². The fraction of sp³-hybridized carbons (Fsp3) is 0.154. The van der Waals surface area contributed by atoms with E-state index in [9.17, 15) is 9.18 Å². The molecule has 1 aromatic heterocycles. The summed E-state index contributed by atoms with van der Waals surface area (Å²) in [6.07, 6.45) is 3.27. The highest BCUT2D eigenvalue weighted by Crippen LogP contribution is 2.03. The third kappa shape index (κ3) is 3.74. The molecule has 0 saturated carbocycles. The largest absolute Gasteiger partial charge is 0.382 e. The van der Waals surface area contributed by atoms with Crippen molar-refractivity contribution in [2.75, 3.05) is 12.3 Å². The molecule has 0 radical (unpaired) electrons. The predicted octanol–water partition coefficient (Wildman–Crippen LogP) is 1.17. The van der Waals surface area contributed by atoms with Crippen molar-refractivity contribution in [2.24, 2.45) is 0 Å². The van der Waals surface area contributed by atoms with Gasteiger partial charge in [0.2, 0.25) is 0 Å². The van der Waals surface area contributed by atoms with Gasteiger partial charge in [-0.3, -0.25) is 4.79 Å². The molecule has 19 heavy (non-hydrogen) atoms. The van der Waals surface area contributed by atoms with Crippen LogP contribution in [0.2, 0.25) is 0 Å². The molecule has 1 aromatic carbocycles. The summed E-state index contributed by atoms with van der Waals surface area (Å²) in [4.78, 5) is 19.3. The number of nitrogens with one attached hydrogen (secondary N) is 1. The molecular weight excluding hydrogens is 247 g/mol. The van der Waals surface area contributed by atoms with Crippen molar-refractivity contribution in [3.8, 4) is 0 Å². The van der Waals surface area contributed by atoms with Crippen molar-refractivity contribution < 1.29 is 9.18 Å². The number of hydrogen-bond donors (Lipinski definition) is 2. The Morgan fingerprint density at radius 3 is 2.58 bits per heavy atom. The van der Waals surface area contributed by atoms with E-state index in [1.165, 1.54) is 24.5 Å². The summed E-state index contributed by atoms with van der Waals surface area (Å²) in [5.74, 6) is -0.317. The molecule has 0 bridgehead atoms. The average molecular weight is 260 g/mol. The van der Waals surface area contributed by atoms with Crippen LogP contribution in [0.25, 0.3) is 0 Å². The Labute approximate surface area is 109 Å². The Hall–Kier alpha value is -2.50. The molecular formula is C13H13FN4O. The van der Waals surface area contributed by atoms with Gasteiger partial charge in [0, 0.05) is 6.54 Å². The summed E-state index contributed by atoms with van der Waals surface area (Å²) in [5, 5.41) is 2.71. The first kappa shape index (κ1) is 12.9. The van der Waals surface area contributed by atoms with Crippen molar-refractivity contribution in [1.29, 1.82) is 0 Å². The Balaban J connectivity index is 1.84. The van der Waals surface area contributed by atoms with Crippen molar-refractivity contribution >= 4 is 11.7 Å². The maximum Gasteiger partial charge on any atom is 0.271 e. The fourth-order valence-corrected chi connectivity index (χ4v) is 1.52. The minimum absolute atomic E-state index is 0.216. The minimum Gasteiger partial charge on any atom is -0.382 e. The molecule has 2 rings (SSSR count). The van der Waals surface area contributed by atoms with Gasteiger partial charge in [0.25, 0.3) is 5.91 Å². The van der Waals surface area contributed by atoms with Crippen LogP contribution in [0.15, 0.2) is 36.7 Å². The second kappa shape index (κ2) is 5.90. The number of hydrogen-bond acceptors (Lipinski definition) is 4. The van der Waals surface area contributed by atoms with Crippen molar-refractivity contribution in [3.63, 3.8) is 0 Å². The van der Waals surface area contributed by atoms with Gasteiger partial charge in [-0.1, -0.05) is 12.1 Å². The quantitative estimate of drug-likeness (QED) is 0.864. The van der Waals surface area contributed by atoms with E-state index in [0.717, 1.165) is 5.56 Å². The van der Waals surface area contributed by atoms with E-state index >= 15 is 0 Å². The zero-order chi connectivity index (χ0) is 13.7. The highest BCUT2D eigenvalue weighted by atomic mass is 19.1. The van der Waals surface area contributed by atoms with Gasteiger partial charge < -0.3 is 11.1 Å². The Morgan fingerprint density at radius 1 is 1.21 bits per heavy atom. The molecule has 1 amide bonds. The smallest absolute Gasteiger partial charge is 0.271 e. The summed E-state index contributed by atoms with van der Waals surface area (Å²) in [5.41, 5.74) is 6.54. The minimum atomic E-state index is -0.311. The number of amides is 1. The number of anilines is 1. The first-order chi connectivity index (χ1) is 9.15. The zero-order valence-corrected chi connectivity index (χ0v) is 10.1. The molecule has 0 atom stereocenters. The molecule has 0 unspecified atom stereocenters. The standard InChI is InChI=1S/C13H13FN4O/c14-10-3-1-9(2-4-10)5-6-16-13(19)11-7-18-12(15)8-17-11/h1-4,7-8H,5-6H2,(H2,15,18)(H,16,19). The zero-order valence-electron chi connectivity index (χ0n) is 10.1. The maximum atomic E-state index is 12.7. The molecule has 0 saturated heterocycles. The monoisotopic (exact) mass is 260 g/mol. The lowest BCUT2D eigenvalue weighted by Crippen LogP contribution is -2.26. The molecule has 6 heteroatoms. The van der Waals surface area contributed by atoms with Crippen LogP contribution in [-0.4, -0.2) is 22.4 Å². The lowest BCUT2D eigenvalue weighted by atomic mass is 10.1. The SMILES string of the molecule is Nc1cnc(C(=O)NCCc2ccc(F)cc2)cn1. The number of aromatic nitrogens is 2. The molecule has 0 fully saturated rings.